The van der Waals surface area contributed by atoms with Gasteiger partial charge in [0, 0.05) is 32.7 Å². The van der Waals surface area contributed by atoms with E-state index in [-0.39, 0.29) is 0 Å². The van der Waals surface area contributed by atoms with Crippen molar-refractivity contribution in [3.8, 4) is 5.75 Å². The van der Waals surface area contributed by atoms with Gasteiger partial charge in [-0.25, -0.2) is 0 Å². The van der Waals surface area contributed by atoms with Gasteiger partial charge >= 0.3 is 6.18 Å². The summed E-state index contributed by atoms with van der Waals surface area (Å²) in [7, 11) is 0. The van der Waals surface area contributed by atoms with Crippen molar-refractivity contribution in [1.82, 2.24) is 9.80 Å². The molecule has 4 aliphatic carbocycles. The monoisotopic (exact) mass is 496 g/mol. The van der Waals surface area contributed by atoms with Gasteiger partial charge in [-0.05, 0) is 97.1 Å². The maximum atomic E-state index is 12.8. The van der Waals surface area contributed by atoms with Crippen LogP contribution in [0.3, 0.4) is 0 Å². The summed E-state index contributed by atoms with van der Waals surface area (Å²) in [6, 6.07) is 14.4. The number of hydrogen-bond acceptors (Lipinski definition) is 3. The minimum atomic E-state index is -4.28. The van der Waals surface area contributed by atoms with Crippen LogP contribution in [-0.4, -0.2) is 36.0 Å². The Labute approximate surface area is 212 Å². The van der Waals surface area contributed by atoms with E-state index in [1.165, 1.54) is 56.2 Å². The zero-order valence-electron chi connectivity index (χ0n) is 20.7. The zero-order valence-corrected chi connectivity index (χ0v) is 20.7. The van der Waals surface area contributed by atoms with E-state index in [1.807, 2.05) is 6.54 Å². The van der Waals surface area contributed by atoms with Crippen LogP contribution in [0, 0.1) is 30.9 Å². The van der Waals surface area contributed by atoms with Crippen molar-refractivity contribution in [3.63, 3.8) is 0 Å². The van der Waals surface area contributed by atoms with Gasteiger partial charge in [-0.2, -0.15) is 13.2 Å². The number of benzene rings is 2. The molecule has 36 heavy (non-hydrogen) atoms. The van der Waals surface area contributed by atoms with Crippen molar-refractivity contribution in [2.45, 2.75) is 56.7 Å². The first-order valence-electron chi connectivity index (χ1n) is 13.4. The topological polar surface area (TPSA) is 15.7 Å². The Morgan fingerprint density at radius 3 is 1.94 bits per heavy atom. The highest BCUT2D eigenvalue weighted by Crippen LogP contribution is 2.60. The molecule has 1 saturated heterocycles. The molecule has 3 nitrogen and oxygen atoms in total. The molecule has 192 valence electrons. The molecule has 2 radical (unpaired) electrons. The fourth-order valence-electron chi connectivity index (χ4n) is 7.67. The van der Waals surface area contributed by atoms with Gasteiger partial charge in [0.25, 0.3) is 0 Å². The van der Waals surface area contributed by atoms with E-state index in [0.717, 1.165) is 55.2 Å². The molecular formula is C30H35F3N2O. The summed E-state index contributed by atoms with van der Waals surface area (Å²) in [5.41, 5.74) is 2.25. The third-order valence-electron chi connectivity index (χ3n) is 9.08. The maximum Gasteiger partial charge on any atom is 0.416 e. The lowest BCUT2D eigenvalue weighted by Gasteiger charge is -2.57. The van der Waals surface area contributed by atoms with E-state index in [1.54, 1.807) is 18.7 Å². The largest absolute Gasteiger partial charge is 0.485 e. The smallest absolute Gasteiger partial charge is 0.416 e. The molecule has 5 aliphatic rings. The quantitative estimate of drug-likeness (QED) is 0.425. The summed E-state index contributed by atoms with van der Waals surface area (Å²) in [5.74, 6) is 3.72. The predicted octanol–water partition coefficient (Wildman–Crippen LogP) is 6.69. The molecule has 2 aromatic rings. The van der Waals surface area contributed by atoms with E-state index in [4.69, 9.17) is 4.74 Å². The second-order valence-electron chi connectivity index (χ2n) is 11.6. The number of ether oxygens (including phenoxy) is 1. The number of halogens is 3. The first-order chi connectivity index (χ1) is 17.3. The Bertz CT molecular complexity index is 990. The molecule has 2 aromatic carbocycles. The molecule has 4 saturated carbocycles. The second kappa shape index (κ2) is 9.68. The number of hydrogen-bond donors (Lipinski definition) is 0. The minimum absolute atomic E-state index is 0.420. The van der Waals surface area contributed by atoms with Gasteiger partial charge in [-0.1, -0.05) is 24.3 Å². The van der Waals surface area contributed by atoms with Crippen LogP contribution in [0.15, 0.2) is 48.5 Å². The van der Waals surface area contributed by atoms with Crippen molar-refractivity contribution in [2.24, 2.45) is 17.8 Å². The summed E-state index contributed by atoms with van der Waals surface area (Å²) >= 11 is 0. The average molecular weight is 497 g/mol. The van der Waals surface area contributed by atoms with Gasteiger partial charge in [-0.3, -0.25) is 9.80 Å². The lowest BCUT2D eigenvalue weighted by Crippen LogP contribution is -2.48. The van der Waals surface area contributed by atoms with Gasteiger partial charge in [0.1, 0.15) is 5.75 Å². The first-order valence-corrected chi connectivity index (χ1v) is 13.4. The standard InChI is InChI=1S/C30H35F3N2O/c31-30(32,33)27-3-1-22(2-4-27)21-35-11-9-34(10-12-35)13-14-36-28-7-5-26(6-8-28)29-18-23-15-24(19-29)17-25(16-23)20-29/h1-8,13-14,23-25H,9-12,15-21H2. The zero-order chi connectivity index (χ0) is 24.8. The fourth-order valence-corrected chi connectivity index (χ4v) is 7.67. The molecule has 0 atom stereocenters. The predicted molar refractivity (Wildman–Crippen MR) is 134 cm³/mol. The summed E-state index contributed by atoms with van der Waals surface area (Å²) in [6.45, 7) is 7.91. The molecule has 1 heterocycles. The molecule has 6 heteroatoms. The van der Waals surface area contributed by atoms with Crippen molar-refractivity contribution in [2.75, 3.05) is 26.2 Å². The van der Waals surface area contributed by atoms with E-state index in [0.29, 0.717) is 12.0 Å². The Morgan fingerprint density at radius 1 is 0.806 bits per heavy atom. The van der Waals surface area contributed by atoms with Crippen LogP contribution in [0.2, 0.25) is 0 Å². The lowest BCUT2D eigenvalue weighted by molar-refractivity contribution is -0.137. The normalized spacial score (nSPS) is 30.6. The number of piperazine rings is 1. The Balaban J connectivity index is 0.936. The molecule has 0 amide bonds. The molecule has 4 bridgehead atoms. The van der Waals surface area contributed by atoms with Crippen molar-refractivity contribution in [3.05, 3.63) is 78.4 Å². The van der Waals surface area contributed by atoms with Crippen molar-refractivity contribution >= 4 is 0 Å². The lowest BCUT2D eigenvalue weighted by atomic mass is 9.48. The molecule has 7 rings (SSSR count). The number of nitrogens with zero attached hydrogens (tertiary/aromatic N) is 2. The van der Waals surface area contributed by atoms with Gasteiger partial charge in [0.05, 0.1) is 12.1 Å². The average Bonchev–Trinajstić information content (AvgIpc) is 2.84. The van der Waals surface area contributed by atoms with Gasteiger partial charge in [0.2, 0.25) is 0 Å². The second-order valence-corrected chi connectivity index (χ2v) is 11.6. The third kappa shape index (κ3) is 5.17. The van der Waals surface area contributed by atoms with E-state index in [9.17, 15) is 13.2 Å². The van der Waals surface area contributed by atoms with Gasteiger partial charge < -0.3 is 4.74 Å². The number of rotatable bonds is 7. The number of alkyl halides is 3. The highest BCUT2D eigenvalue weighted by molar-refractivity contribution is 5.35. The summed E-state index contributed by atoms with van der Waals surface area (Å²) in [5, 5.41) is 0. The molecule has 0 unspecified atom stereocenters. The Hall–Kier alpha value is -2.05. The molecule has 1 aliphatic heterocycles. The van der Waals surface area contributed by atoms with Crippen LogP contribution >= 0.6 is 0 Å². The third-order valence-corrected chi connectivity index (χ3v) is 9.08. The summed E-state index contributed by atoms with van der Waals surface area (Å²) in [6.07, 6.45) is 4.25. The van der Waals surface area contributed by atoms with Crippen LogP contribution in [0.25, 0.3) is 0 Å². The molecular weight excluding hydrogens is 461 g/mol. The molecule has 0 N–H and O–H groups in total. The fraction of sp³-hybridized carbons (Fsp3) is 0.533. The van der Waals surface area contributed by atoms with E-state index >= 15 is 0 Å². The van der Waals surface area contributed by atoms with Crippen LogP contribution in [-0.2, 0) is 18.1 Å². The first kappa shape index (κ1) is 24.3. The van der Waals surface area contributed by atoms with E-state index in [2.05, 4.69) is 34.1 Å². The van der Waals surface area contributed by atoms with Crippen molar-refractivity contribution < 1.29 is 17.9 Å². The summed E-state index contributed by atoms with van der Waals surface area (Å²) < 4.78 is 44.2. The van der Waals surface area contributed by atoms with E-state index < -0.39 is 11.7 Å². The van der Waals surface area contributed by atoms with Crippen LogP contribution < -0.4 is 4.74 Å². The van der Waals surface area contributed by atoms with Gasteiger partial charge in [-0.15, -0.1) is 0 Å². The van der Waals surface area contributed by atoms with Crippen LogP contribution in [0.1, 0.15) is 55.2 Å². The summed E-state index contributed by atoms with van der Waals surface area (Å²) in [4.78, 5) is 4.50. The Kier molecular flexibility index (Phi) is 6.53. The highest BCUT2D eigenvalue weighted by atomic mass is 19.4. The van der Waals surface area contributed by atoms with Crippen molar-refractivity contribution in [1.29, 1.82) is 0 Å². The molecule has 5 fully saturated rings. The molecule has 0 aromatic heterocycles. The Morgan fingerprint density at radius 2 is 1.39 bits per heavy atom. The van der Waals surface area contributed by atoms with Gasteiger partial charge in [0.15, 0.2) is 6.61 Å². The SMILES string of the molecule is FC(F)(F)c1ccc(CN2CCN([CH][CH]Oc3ccc(C45CC6CC(CC(C6)C4)C5)cc3)CC2)cc1. The maximum absolute atomic E-state index is 12.8. The van der Waals surface area contributed by atoms with Crippen LogP contribution in [0.4, 0.5) is 13.2 Å². The van der Waals surface area contributed by atoms with Crippen LogP contribution in [0.5, 0.6) is 5.75 Å². The molecule has 0 spiro atoms. The highest BCUT2D eigenvalue weighted by Gasteiger charge is 2.51. The minimum Gasteiger partial charge on any atom is -0.485 e.